The fraction of sp³-hybridized carbons (Fsp3) is 0.909. The molecular formula is C11H23N3O3S. The van der Waals surface area contributed by atoms with E-state index in [1.165, 1.54) is 0 Å². The number of sulfone groups is 1. The van der Waals surface area contributed by atoms with E-state index in [0.717, 1.165) is 26.2 Å². The number of piperazine rings is 1. The zero-order valence-electron chi connectivity index (χ0n) is 11.2. The number of hydrogen-bond donors (Lipinski definition) is 1. The second-order valence-corrected chi connectivity index (χ2v) is 7.08. The molecule has 0 atom stereocenters. The Labute approximate surface area is 109 Å². The zero-order chi connectivity index (χ0) is 13.6. The minimum atomic E-state index is -2.95. The van der Waals surface area contributed by atoms with Gasteiger partial charge in [-0.15, -0.1) is 0 Å². The van der Waals surface area contributed by atoms with E-state index in [4.69, 9.17) is 0 Å². The molecule has 0 spiro atoms. The third-order valence-electron chi connectivity index (χ3n) is 3.10. The fourth-order valence-electron chi connectivity index (χ4n) is 1.76. The summed E-state index contributed by atoms with van der Waals surface area (Å²) in [6.07, 6.45) is 0. The van der Waals surface area contributed by atoms with Gasteiger partial charge in [0.25, 0.3) is 0 Å². The Balaban J connectivity index is 2.30. The molecule has 1 saturated heterocycles. The van der Waals surface area contributed by atoms with Gasteiger partial charge in [0.2, 0.25) is 5.91 Å². The van der Waals surface area contributed by atoms with Crippen molar-refractivity contribution < 1.29 is 13.2 Å². The Bertz CT molecular complexity index is 364. The summed E-state index contributed by atoms with van der Waals surface area (Å²) < 4.78 is 22.7. The predicted molar refractivity (Wildman–Crippen MR) is 71.3 cm³/mol. The molecule has 0 radical (unpaired) electrons. The Morgan fingerprint density at radius 3 is 2.50 bits per heavy atom. The first-order valence-electron chi connectivity index (χ1n) is 6.32. The lowest BCUT2D eigenvalue weighted by atomic mass is 10.3. The van der Waals surface area contributed by atoms with E-state index < -0.39 is 9.84 Å². The number of amides is 1. The van der Waals surface area contributed by atoms with Crippen LogP contribution in [0.4, 0.5) is 0 Å². The van der Waals surface area contributed by atoms with Gasteiger partial charge in [0, 0.05) is 38.5 Å². The summed E-state index contributed by atoms with van der Waals surface area (Å²) in [5.41, 5.74) is 0. The molecule has 0 aromatic carbocycles. The van der Waals surface area contributed by atoms with Gasteiger partial charge in [-0.05, 0) is 7.05 Å². The van der Waals surface area contributed by atoms with Gasteiger partial charge in [-0.3, -0.25) is 9.69 Å². The summed E-state index contributed by atoms with van der Waals surface area (Å²) in [6, 6.07) is 0. The molecule has 1 aliphatic heterocycles. The van der Waals surface area contributed by atoms with Gasteiger partial charge in [0.1, 0.15) is 0 Å². The topological polar surface area (TPSA) is 69.7 Å². The normalized spacial score (nSPS) is 17.2. The molecule has 106 valence electrons. The molecule has 7 heteroatoms. The Morgan fingerprint density at radius 2 is 1.94 bits per heavy atom. The standard InChI is InChI=1S/C11H23N3O3S/c1-3-18(16,17)9-8-13(2)10-11(15)14-6-4-12-5-7-14/h12H,3-10H2,1-2H3. The largest absolute Gasteiger partial charge is 0.339 e. The number of likely N-dealkylation sites (N-methyl/N-ethyl adjacent to an activating group) is 1. The van der Waals surface area contributed by atoms with Crippen molar-refractivity contribution in [2.24, 2.45) is 0 Å². The number of nitrogens with one attached hydrogen (secondary N) is 1. The molecule has 1 fully saturated rings. The molecule has 0 aliphatic carbocycles. The van der Waals surface area contributed by atoms with Gasteiger partial charge in [0.15, 0.2) is 9.84 Å². The number of carbonyl (C=O) groups excluding carboxylic acids is 1. The lowest BCUT2D eigenvalue weighted by Gasteiger charge is -2.29. The van der Waals surface area contributed by atoms with Crippen LogP contribution in [0.2, 0.25) is 0 Å². The summed E-state index contributed by atoms with van der Waals surface area (Å²) >= 11 is 0. The van der Waals surface area contributed by atoms with Gasteiger partial charge in [-0.25, -0.2) is 8.42 Å². The van der Waals surface area contributed by atoms with E-state index in [2.05, 4.69) is 5.32 Å². The molecule has 0 saturated carbocycles. The van der Waals surface area contributed by atoms with Crippen molar-refractivity contribution in [2.75, 3.05) is 57.8 Å². The number of carbonyl (C=O) groups is 1. The van der Waals surface area contributed by atoms with Crippen LogP contribution in [0.25, 0.3) is 0 Å². The molecule has 1 N–H and O–H groups in total. The fourth-order valence-corrected chi connectivity index (χ4v) is 2.64. The molecule has 0 aromatic heterocycles. The number of rotatable bonds is 6. The van der Waals surface area contributed by atoms with Crippen LogP contribution in [0.3, 0.4) is 0 Å². The van der Waals surface area contributed by atoms with Gasteiger partial charge >= 0.3 is 0 Å². The first-order valence-corrected chi connectivity index (χ1v) is 8.14. The molecular weight excluding hydrogens is 254 g/mol. The number of nitrogens with zero attached hydrogens (tertiary/aromatic N) is 2. The van der Waals surface area contributed by atoms with Gasteiger partial charge in [0.05, 0.1) is 12.3 Å². The first-order chi connectivity index (χ1) is 8.44. The Morgan fingerprint density at radius 1 is 1.33 bits per heavy atom. The average molecular weight is 277 g/mol. The van der Waals surface area contributed by atoms with Crippen LogP contribution < -0.4 is 5.32 Å². The molecule has 1 aliphatic rings. The van der Waals surface area contributed by atoms with Crippen LogP contribution in [-0.2, 0) is 14.6 Å². The van der Waals surface area contributed by atoms with E-state index in [1.807, 2.05) is 4.90 Å². The van der Waals surface area contributed by atoms with Gasteiger partial charge in [-0.2, -0.15) is 0 Å². The van der Waals surface area contributed by atoms with Crippen molar-refractivity contribution in [3.8, 4) is 0 Å². The molecule has 1 rings (SSSR count). The molecule has 0 aromatic rings. The van der Waals surface area contributed by atoms with Crippen molar-refractivity contribution in [2.45, 2.75) is 6.92 Å². The zero-order valence-corrected chi connectivity index (χ0v) is 12.0. The van der Waals surface area contributed by atoms with E-state index >= 15 is 0 Å². The monoisotopic (exact) mass is 277 g/mol. The van der Waals surface area contributed by atoms with Crippen molar-refractivity contribution in [1.29, 1.82) is 0 Å². The van der Waals surface area contributed by atoms with E-state index in [9.17, 15) is 13.2 Å². The van der Waals surface area contributed by atoms with E-state index in [1.54, 1.807) is 18.9 Å². The molecule has 0 unspecified atom stereocenters. The third-order valence-corrected chi connectivity index (χ3v) is 4.78. The number of hydrogen-bond acceptors (Lipinski definition) is 5. The molecule has 18 heavy (non-hydrogen) atoms. The average Bonchev–Trinajstić information content (AvgIpc) is 2.37. The van der Waals surface area contributed by atoms with Crippen LogP contribution in [0.15, 0.2) is 0 Å². The van der Waals surface area contributed by atoms with Crippen molar-refractivity contribution in [3.63, 3.8) is 0 Å². The molecule has 1 heterocycles. The highest BCUT2D eigenvalue weighted by atomic mass is 32.2. The van der Waals surface area contributed by atoms with Gasteiger partial charge < -0.3 is 10.2 Å². The maximum absolute atomic E-state index is 11.9. The Hall–Kier alpha value is -0.660. The van der Waals surface area contributed by atoms with Crippen molar-refractivity contribution in [1.82, 2.24) is 15.1 Å². The summed E-state index contributed by atoms with van der Waals surface area (Å²) in [5.74, 6) is 0.356. The highest BCUT2D eigenvalue weighted by molar-refractivity contribution is 7.91. The van der Waals surface area contributed by atoms with Crippen LogP contribution in [-0.4, -0.2) is 81.9 Å². The maximum Gasteiger partial charge on any atom is 0.236 e. The molecule has 0 bridgehead atoms. The van der Waals surface area contributed by atoms with Crippen molar-refractivity contribution >= 4 is 15.7 Å². The molecule has 6 nitrogen and oxygen atoms in total. The maximum atomic E-state index is 11.9. The second-order valence-electron chi connectivity index (χ2n) is 4.60. The quantitative estimate of drug-likeness (QED) is 0.659. The lowest BCUT2D eigenvalue weighted by molar-refractivity contribution is -0.132. The lowest BCUT2D eigenvalue weighted by Crippen LogP contribution is -2.49. The minimum Gasteiger partial charge on any atom is -0.339 e. The Kier molecular flexibility index (Phi) is 6.04. The van der Waals surface area contributed by atoms with Crippen LogP contribution in [0.1, 0.15) is 6.92 Å². The summed E-state index contributed by atoms with van der Waals surface area (Å²) in [4.78, 5) is 15.5. The van der Waals surface area contributed by atoms with Crippen LogP contribution >= 0.6 is 0 Å². The van der Waals surface area contributed by atoms with Crippen LogP contribution in [0.5, 0.6) is 0 Å². The summed E-state index contributed by atoms with van der Waals surface area (Å²) in [6.45, 7) is 5.48. The second kappa shape index (κ2) is 7.06. The highest BCUT2D eigenvalue weighted by Crippen LogP contribution is 1.97. The van der Waals surface area contributed by atoms with Crippen molar-refractivity contribution in [3.05, 3.63) is 0 Å². The van der Waals surface area contributed by atoms with E-state index in [-0.39, 0.29) is 17.4 Å². The molecule has 1 amide bonds. The predicted octanol–water partition coefficient (Wildman–Crippen LogP) is -1.22. The van der Waals surface area contributed by atoms with Crippen LogP contribution in [0, 0.1) is 0 Å². The van der Waals surface area contributed by atoms with E-state index in [0.29, 0.717) is 13.1 Å². The summed E-state index contributed by atoms with van der Waals surface area (Å²) in [7, 11) is -1.17. The highest BCUT2D eigenvalue weighted by Gasteiger charge is 2.18. The SMILES string of the molecule is CCS(=O)(=O)CCN(C)CC(=O)N1CCNCC1. The first kappa shape index (κ1) is 15.4. The smallest absolute Gasteiger partial charge is 0.236 e. The van der Waals surface area contributed by atoms with Gasteiger partial charge in [-0.1, -0.05) is 6.92 Å². The summed E-state index contributed by atoms with van der Waals surface area (Å²) in [5, 5.41) is 3.19. The third kappa shape index (κ3) is 5.32. The minimum absolute atomic E-state index is 0.0768.